The minimum absolute atomic E-state index is 0.0433. The second kappa shape index (κ2) is 12.9. The lowest BCUT2D eigenvalue weighted by molar-refractivity contribution is 0.0965. The molecule has 1 heterocycles. The van der Waals surface area contributed by atoms with Gasteiger partial charge in [-0.15, -0.1) is 0 Å². The summed E-state index contributed by atoms with van der Waals surface area (Å²) >= 11 is 0. The van der Waals surface area contributed by atoms with Gasteiger partial charge in [0.25, 0.3) is 11.8 Å². The van der Waals surface area contributed by atoms with Crippen molar-refractivity contribution in [2.75, 3.05) is 16.9 Å². The summed E-state index contributed by atoms with van der Waals surface area (Å²) in [6.07, 6.45) is 5.18. The zero-order valence-electron chi connectivity index (χ0n) is 24.1. The maximum Gasteiger partial charge on any atom is 0.258 e. The predicted octanol–water partition coefficient (Wildman–Crippen LogP) is 8.26. The number of aryl methyl sites for hydroxylation is 1. The lowest BCUT2D eigenvalue weighted by atomic mass is 9.89. The minimum atomic E-state index is -0.236. The Morgan fingerprint density at radius 2 is 1.49 bits per heavy atom. The Kier molecular flexibility index (Phi) is 8.83. The number of ether oxygens (including phenoxy) is 1. The second-order valence-electron chi connectivity index (χ2n) is 10.7. The molecule has 1 aliphatic rings. The first kappa shape index (κ1) is 28.2. The van der Waals surface area contributed by atoms with E-state index < -0.39 is 0 Å². The van der Waals surface area contributed by atoms with E-state index in [0.29, 0.717) is 23.3 Å². The van der Waals surface area contributed by atoms with Crippen LogP contribution in [0.15, 0.2) is 103 Å². The van der Waals surface area contributed by atoms with Crippen molar-refractivity contribution in [1.29, 1.82) is 0 Å². The molecule has 0 saturated carbocycles. The van der Waals surface area contributed by atoms with Gasteiger partial charge in [-0.1, -0.05) is 68.3 Å². The molecule has 5 nitrogen and oxygen atoms in total. The van der Waals surface area contributed by atoms with E-state index in [1.807, 2.05) is 76.5 Å². The van der Waals surface area contributed by atoms with E-state index in [9.17, 15) is 9.59 Å². The number of hydrogen-bond donors (Lipinski definition) is 0. The van der Waals surface area contributed by atoms with E-state index in [0.717, 1.165) is 29.8 Å². The SMILES string of the molecule is CCCCCc1ccc(C(=O)N(c2ccccc2)[C@@H]2C[C@@H](C)N(C(=O)c3ccc(OC)cc3)c3ccccc32)cc1. The average Bonchev–Trinajstić information content (AvgIpc) is 3.02. The minimum Gasteiger partial charge on any atom is -0.497 e. The van der Waals surface area contributed by atoms with Gasteiger partial charge in [-0.25, -0.2) is 0 Å². The quantitative estimate of drug-likeness (QED) is 0.199. The normalized spacial score (nSPS) is 16.1. The Balaban J connectivity index is 1.51. The topological polar surface area (TPSA) is 49.9 Å². The number of unbranched alkanes of at least 4 members (excludes halogenated alkanes) is 2. The van der Waals surface area contributed by atoms with E-state index >= 15 is 0 Å². The zero-order valence-corrected chi connectivity index (χ0v) is 24.1. The van der Waals surface area contributed by atoms with Gasteiger partial charge in [-0.3, -0.25) is 9.59 Å². The summed E-state index contributed by atoms with van der Waals surface area (Å²) < 4.78 is 5.28. The van der Waals surface area contributed by atoms with Crippen LogP contribution in [-0.4, -0.2) is 25.0 Å². The molecule has 4 aromatic rings. The van der Waals surface area contributed by atoms with Crippen LogP contribution in [0.2, 0.25) is 0 Å². The molecule has 0 spiro atoms. The Morgan fingerprint density at radius 1 is 0.829 bits per heavy atom. The fourth-order valence-corrected chi connectivity index (χ4v) is 5.77. The summed E-state index contributed by atoms with van der Waals surface area (Å²) in [5, 5.41) is 0. The fraction of sp³-hybridized carbons (Fsp3) is 0.278. The van der Waals surface area contributed by atoms with Gasteiger partial charge >= 0.3 is 0 Å². The van der Waals surface area contributed by atoms with Crippen molar-refractivity contribution in [2.24, 2.45) is 0 Å². The van der Waals surface area contributed by atoms with Crippen molar-refractivity contribution in [3.8, 4) is 5.75 Å². The second-order valence-corrected chi connectivity index (χ2v) is 10.7. The van der Waals surface area contributed by atoms with Crippen molar-refractivity contribution in [3.63, 3.8) is 0 Å². The van der Waals surface area contributed by atoms with Crippen LogP contribution in [0.5, 0.6) is 5.75 Å². The molecule has 0 aliphatic carbocycles. The Bertz CT molecular complexity index is 1470. The molecule has 210 valence electrons. The van der Waals surface area contributed by atoms with Crippen LogP contribution in [0.4, 0.5) is 11.4 Å². The number of nitrogens with zero attached hydrogens (tertiary/aromatic N) is 2. The molecule has 0 aromatic heterocycles. The van der Waals surface area contributed by atoms with E-state index in [4.69, 9.17) is 4.74 Å². The van der Waals surface area contributed by atoms with Crippen molar-refractivity contribution in [3.05, 3.63) is 125 Å². The van der Waals surface area contributed by atoms with Crippen LogP contribution in [-0.2, 0) is 6.42 Å². The largest absolute Gasteiger partial charge is 0.497 e. The first-order valence-electron chi connectivity index (χ1n) is 14.6. The number of amides is 2. The Labute approximate surface area is 243 Å². The van der Waals surface area contributed by atoms with Crippen LogP contribution in [0.25, 0.3) is 0 Å². The highest BCUT2D eigenvalue weighted by molar-refractivity contribution is 6.09. The molecular formula is C36H38N2O3. The third-order valence-corrected chi connectivity index (χ3v) is 7.95. The molecule has 41 heavy (non-hydrogen) atoms. The summed E-state index contributed by atoms with van der Waals surface area (Å²) in [5.74, 6) is 0.597. The number of anilines is 2. The number of rotatable bonds is 9. The van der Waals surface area contributed by atoms with Gasteiger partial charge in [-0.2, -0.15) is 0 Å². The van der Waals surface area contributed by atoms with Crippen molar-refractivity contribution in [1.82, 2.24) is 0 Å². The summed E-state index contributed by atoms with van der Waals surface area (Å²) in [7, 11) is 1.61. The summed E-state index contributed by atoms with van der Waals surface area (Å²) in [6, 6.07) is 32.7. The van der Waals surface area contributed by atoms with Gasteiger partial charge in [-0.05, 0) is 91.9 Å². The summed E-state index contributed by atoms with van der Waals surface area (Å²) in [5.41, 5.74) is 5.14. The molecule has 0 unspecified atom stereocenters. The van der Waals surface area contributed by atoms with Gasteiger partial charge < -0.3 is 14.5 Å². The molecule has 0 N–H and O–H groups in total. The smallest absolute Gasteiger partial charge is 0.258 e. The van der Waals surface area contributed by atoms with E-state index in [1.165, 1.54) is 18.4 Å². The highest BCUT2D eigenvalue weighted by Crippen LogP contribution is 2.43. The molecule has 0 fully saturated rings. The number of benzene rings is 4. The molecule has 0 radical (unpaired) electrons. The maximum absolute atomic E-state index is 14.3. The van der Waals surface area contributed by atoms with Gasteiger partial charge in [0.05, 0.1) is 13.2 Å². The predicted molar refractivity (Wildman–Crippen MR) is 166 cm³/mol. The summed E-state index contributed by atoms with van der Waals surface area (Å²) in [6.45, 7) is 4.27. The molecule has 2 atom stereocenters. The molecular weight excluding hydrogens is 508 g/mol. The van der Waals surface area contributed by atoms with E-state index in [2.05, 4.69) is 26.0 Å². The standard InChI is InChI=1S/C36H38N2O3/c1-4-5-7-12-27-17-19-28(20-18-27)36(40)38(30-13-8-6-9-14-30)34-25-26(2)37(33-16-11-10-15-32(33)34)35(39)29-21-23-31(41-3)24-22-29/h6,8-11,13-24,26,34H,4-5,7,12,25H2,1-3H3/t26-,34-/m1/s1. The molecule has 1 aliphatic heterocycles. The first-order valence-corrected chi connectivity index (χ1v) is 14.6. The number of hydrogen-bond acceptors (Lipinski definition) is 3. The number of para-hydroxylation sites is 2. The first-order chi connectivity index (χ1) is 20.0. The van der Waals surface area contributed by atoms with Gasteiger partial charge in [0.15, 0.2) is 0 Å². The van der Waals surface area contributed by atoms with Crippen LogP contribution in [0.3, 0.4) is 0 Å². The number of methoxy groups -OCH3 is 1. The lowest BCUT2D eigenvalue weighted by Crippen LogP contribution is -2.47. The van der Waals surface area contributed by atoms with E-state index in [-0.39, 0.29) is 23.9 Å². The Morgan fingerprint density at radius 3 is 2.17 bits per heavy atom. The monoisotopic (exact) mass is 546 g/mol. The number of fused-ring (bicyclic) bond motifs is 1. The number of carbonyl (C=O) groups is 2. The van der Waals surface area contributed by atoms with Crippen LogP contribution in [0.1, 0.15) is 77.4 Å². The zero-order chi connectivity index (χ0) is 28.8. The average molecular weight is 547 g/mol. The fourth-order valence-electron chi connectivity index (χ4n) is 5.77. The number of carbonyl (C=O) groups excluding carboxylic acids is 2. The molecule has 5 heteroatoms. The molecule has 0 saturated heterocycles. The summed E-state index contributed by atoms with van der Waals surface area (Å²) in [4.78, 5) is 31.8. The van der Waals surface area contributed by atoms with Crippen LogP contribution < -0.4 is 14.5 Å². The third kappa shape index (κ3) is 6.04. The Hall–Kier alpha value is -4.38. The maximum atomic E-state index is 14.3. The molecule has 2 amide bonds. The van der Waals surface area contributed by atoms with Gasteiger partial charge in [0, 0.05) is 28.5 Å². The molecule has 5 rings (SSSR count). The highest BCUT2D eigenvalue weighted by Gasteiger charge is 2.39. The van der Waals surface area contributed by atoms with Crippen LogP contribution in [0, 0.1) is 0 Å². The van der Waals surface area contributed by atoms with Crippen molar-refractivity contribution in [2.45, 2.75) is 58.0 Å². The van der Waals surface area contributed by atoms with Crippen molar-refractivity contribution < 1.29 is 14.3 Å². The van der Waals surface area contributed by atoms with Crippen molar-refractivity contribution >= 4 is 23.2 Å². The molecule has 4 aromatic carbocycles. The van der Waals surface area contributed by atoms with Gasteiger partial charge in [0.2, 0.25) is 0 Å². The highest BCUT2D eigenvalue weighted by atomic mass is 16.5. The third-order valence-electron chi connectivity index (χ3n) is 7.95. The van der Waals surface area contributed by atoms with Crippen LogP contribution >= 0.6 is 0 Å². The molecule has 0 bridgehead atoms. The lowest BCUT2D eigenvalue weighted by Gasteiger charge is -2.43. The van der Waals surface area contributed by atoms with Gasteiger partial charge in [0.1, 0.15) is 5.75 Å². The van der Waals surface area contributed by atoms with E-state index in [1.54, 1.807) is 31.4 Å².